The lowest BCUT2D eigenvalue weighted by Crippen LogP contribution is -2.86. The van der Waals surface area contributed by atoms with Gasteiger partial charge in [-0.1, -0.05) is 76.1 Å². The van der Waals surface area contributed by atoms with Gasteiger partial charge in [0, 0.05) is 18.8 Å². The van der Waals surface area contributed by atoms with Crippen LogP contribution in [0.4, 0.5) is 0 Å². The molecule has 1 saturated heterocycles. The number of carbonyl (C=O) groups is 1. The molecule has 0 unspecified atom stereocenters. The highest BCUT2D eigenvalue weighted by Gasteiger charge is 2.35. The number of unbranched alkanes of at least 4 members (excludes halogenated alkanes) is 7. The maximum Gasteiger partial charge on any atom is 0.338 e. The quantitative estimate of drug-likeness (QED) is 0.239. The normalized spacial score (nSPS) is 14.6. The molecule has 192 valence electrons. The van der Waals surface area contributed by atoms with E-state index in [9.17, 15) is 4.79 Å². The van der Waals surface area contributed by atoms with E-state index in [4.69, 9.17) is 9.47 Å². The first kappa shape index (κ1) is 27.3. The predicted octanol–water partition coefficient (Wildman–Crippen LogP) is 6.78. The smallest absolute Gasteiger partial charge is 0.338 e. The number of hydrogen-bond acceptors (Lipinski definition) is 3. The maximum absolute atomic E-state index is 12.8. The van der Waals surface area contributed by atoms with Gasteiger partial charge in [-0.2, -0.15) is 0 Å². The fourth-order valence-corrected chi connectivity index (χ4v) is 4.97. The monoisotopic (exact) mass is 480 g/mol. The van der Waals surface area contributed by atoms with Gasteiger partial charge < -0.3 is 14.8 Å². The maximum atomic E-state index is 12.8. The Morgan fingerprint density at radius 2 is 1.37 bits per heavy atom. The van der Waals surface area contributed by atoms with Gasteiger partial charge in [-0.3, -0.25) is 0 Å². The molecule has 1 aliphatic rings. The van der Waals surface area contributed by atoms with Crippen LogP contribution in [-0.4, -0.2) is 31.3 Å². The van der Waals surface area contributed by atoms with Crippen molar-refractivity contribution in [3.8, 4) is 16.9 Å². The van der Waals surface area contributed by atoms with Gasteiger partial charge in [0.2, 0.25) is 0 Å². The molecule has 35 heavy (non-hydrogen) atoms. The third-order valence-electron chi connectivity index (χ3n) is 7.35. The molecule has 4 nitrogen and oxygen atoms in total. The average Bonchev–Trinajstić information content (AvgIpc) is 2.88. The largest absolute Gasteiger partial charge is 0.494 e. The molecule has 2 N–H and O–H groups in total. The third kappa shape index (κ3) is 9.00. The summed E-state index contributed by atoms with van der Waals surface area (Å²) >= 11 is 0. The van der Waals surface area contributed by atoms with E-state index in [0.717, 1.165) is 55.8 Å². The van der Waals surface area contributed by atoms with Crippen LogP contribution in [0.2, 0.25) is 0 Å². The number of esters is 1. The zero-order valence-electron chi connectivity index (χ0n) is 22.2. The van der Waals surface area contributed by atoms with Crippen molar-refractivity contribution in [3.63, 3.8) is 0 Å². The van der Waals surface area contributed by atoms with E-state index in [2.05, 4.69) is 24.4 Å². The predicted molar refractivity (Wildman–Crippen MR) is 144 cm³/mol. The number of benzene rings is 2. The highest BCUT2D eigenvalue weighted by molar-refractivity contribution is 5.90. The molecule has 0 saturated carbocycles. The molecule has 0 aliphatic carbocycles. The number of carbonyl (C=O) groups excluding carboxylic acids is 1. The van der Waals surface area contributed by atoms with Crippen LogP contribution in [0.15, 0.2) is 48.5 Å². The van der Waals surface area contributed by atoms with E-state index in [1.807, 2.05) is 50.2 Å². The van der Waals surface area contributed by atoms with Crippen molar-refractivity contribution in [2.75, 3.05) is 19.7 Å². The fraction of sp³-hybridized carbons (Fsp3) is 0.581. The first-order valence-corrected chi connectivity index (χ1v) is 13.9. The van der Waals surface area contributed by atoms with Gasteiger partial charge in [-0.05, 0) is 55.7 Å². The topological polar surface area (TPSA) is 52.1 Å². The van der Waals surface area contributed by atoms with E-state index in [-0.39, 0.29) is 5.97 Å². The molecule has 1 heterocycles. The van der Waals surface area contributed by atoms with E-state index in [1.165, 1.54) is 44.9 Å². The average molecular weight is 481 g/mol. The standard InChI is InChI=1S/C31H45NO3/c1-4-5-6-7-8-9-10-11-24-34-29-18-16-26(17-19-29)25-12-14-27(15-13-25)30(33)35-31(2,3)28-20-22-32-23-21-28/h12-19,28,32H,4-11,20-24H2,1-3H3/p+1. The lowest BCUT2D eigenvalue weighted by molar-refractivity contribution is -0.665. The number of quaternary nitrogens is 1. The SMILES string of the molecule is CCCCCCCCCCOc1ccc(-c2ccc(C(=O)OC(C)(C)C3CC[NH2+]CC3)cc2)cc1. The Hall–Kier alpha value is -2.33. The summed E-state index contributed by atoms with van der Waals surface area (Å²) in [6.45, 7) is 9.37. The Morgan fingerprint density at radius 1 is 0.829 bits per heavy atom. The second-order valence-corrected chi connectivity index (χ2v) is 10.6. The molecular weight excluding hydrogens is 434 g/mol. The first-order chi connectivity index (χ1) is 17.0. The Morgan fingerprint density at radius 3 is 1.97 bits per heavy atom. The van der Waals surface area contributed by atoms with E-state index < -0.39 is 5.60 Å². The summed E-state index contributed by atoms with van der Waals surface area (Å²) in [6.07, 6.45) is 12.6. The number of piperidine rings is 1. The molecular formula is C31H46NO3+. The van der Waals surface area contributed by atoms with Crippen LogP contribution in [0.5, 0.6) is 5.75 Å². The lowest BCUT2D eigenvalue weighted by Gasteiger charge is -2.35. The second-order valence-electron chi connectivity index (χ2n) is 10.6. The summed E-state index contributed by atoms with van der Waals surface area (Å²) in [6, 6.07) is 16.0. The van der Waals surface area contributed by atoms with Gasteiger partial charge in [-0.15, -0.1) is 0 Å². The zero-order valence-corrected chi connectivity index (χ0v) is 22.2. The first-order valence-electron chi connectivity index (χ1n) is 13.9. The van der Waals surface area contributed by atoms with E-state index in [0.29, 0.717) is 11.5 Å². The van der Waals surface area contributed by atoms with Crippen molar-refractivity contribution in [1.82, 2.24) is 0 Å². The van der Waals surface area contributed by atoms with Crippen LogP contribution >= 0.6 is 0 Å². The number of nitrogens with two attached hydrogens (primary N) is 1. The molecule has 0 atom stereocenters. The summed E-state index contributed by atoms with van der Waals surface area (Å²) in [4.78, 5) is 12.8. The third-order valence-corrected chi connectivity index (χ3v) is 7.35. The summed E-state index contributed by atoms with van der Waals surface area (Å²) in [5.74, 6) is 1.10. The minimum atomic E-state index is -0.436. The summed E-state index contributed by atoms with van der Waals surface area (Å²) in [5, 5.41) is 2.34. The molecule has 0 aromatic heterocycles. The van der Waals surface area contributed by atoms with E-state index in [1.54, 1.807) is 0 Å². The fourth-order valence-electron chi connectivity index (χ4n) is 4.97. The minimum Gasteiger partial charge on any atom is -0.494 e. The van der Waals surface area contributed by atoms with Crippen molar-refractivity contribution in [1.29, 1.82) is 0 Å². The molecule has 0 bridgehead atoms. The number of rotatable bonds is 14. The molecule has 3 rings (SSSR count). The summed E-state index contributed by atoms with van der Waals surface area (Å²) in [7, 11) is 0. The summed E-state index contributed by atoms with van der Waals surface area (Å²) in [5.41, 5.74) is 2.37. The molecule has 4 heteroatoms. The minimum absolute atomic E-state index is 0.235. The van der Waals surface area contributed by atoms with E-state index >= 15 is 0 Å². The molecule has 2 aromatic rings. The molecule has 2 aromatic carbocycles. The Bertz CT molecular complexity index is 867. The van der Waals surface area contributed by atoms with Gasteiger partial charge in [0.1, 0.15) is 11.4 Å². The lowest BCUT2D eigenvalue weighted by atomic mass is 9.83. The van der Waals surface area contributed by atoms with Crippen LogP contribution in [0, 0.1) is 5.92 Å². The van der Waals surface area contributed by atoms with Crippen molar-refractivity contribution >= 4 is 5.97 Å². The van der Waals surface area contributed by atoms with Crippen molar-refractivity contribution in [2.24, 2.45) is 5.92 Å². The molecule has 1 aliphatic heterocycles. The van der Waals surface area contributed by atoms with Gasteiger partial charge in [-0.25, -0.2) is 4.79 Å². The van der Waals surface area contributed by atoms with Crippen molar-refractivity contribution in [3.05, 3.63) is 54.1 Å². The number of ether oxygens (including phenoxy) is 2. The molecule has 0 spiro atoms. The van der Waals surface area contributed by atoms with Crippen molar-refractivity contribution in [2.45, 2.75) is 90.6 Å². The van der Waals surface area contributed by atoms with Gasteiger partial charge in [0.25, 0.3) is 0 Å². The Kier molecular flexibility index (Phi) is 11.1. The highest BCUT2D eigenvalue weighted by Crippen LogP contribution is 2.29. The Labute approximate surface area is 212 Å². The molecule has 0 radical (unpaired) electrons. The molecule has 1 fully saturated rings. The Balaban J connectivity index is 1.42. The molecule has 0 amide bonds. The van der Waals surface area contributed by atoms with Crippen LogP contribution in [0.3, 0.4) is 0 Å². The van der Waals surface area contributed by atoms with Crippen LogP contribution in [0.1, 0.15) is 95.3 Å². The van der Waals surface area contributed by atoms with Gasteiger partial charge >= 0.3 is 5.97 Å². The van der Waals surface area contributed by atoms with Gasteiger partial charge in [0.05, 0.1) is 25.3 Å². The second kappa shape index (κ2) is 14.3. The number of hydrogen-bond donors (Lipinski definition) is 1. The summed E-state index contributed by atoms with van der Waals surface area (Å²) < 4.78 is 11.9. The van der Waals surface area contributed by atoms with Gasteiger partial charge in [0.15, 0.2) is 0 Å². The van der Waals surface area contributed by atoms with Crippen LogP contribution in [0.25, 0.3) is 11.1 Å². The highest BCUT2D eigenvalue weighted by atomic mass is 16.6. The van der Waals surface area contributed by atoms with Crippen LogP contribution in [-0.2, 0) is 4.74 Å². The van der Waals surface area contributed by atoms with Crippen molar-refractivity contribution < 1.29 is 19.6 Å². The van der Waals surface area contributed by atoms with Crippen LogP contribution < -0.4 is 10.1 Å². The zero-order chi connectivity index (χ0) is 24.9.